The molecule has 0 aliphatic carbocycles. The van der Waals surface area contributed by atoms with Crippen LogP contribution in [0.15, 0.2) is 15.9 Å². The number of hydrogen-bond donors (Lipinski definition) is 1. The Morgan fingerprint density at radius 1 is 1.29 bits per heavy atom. The highest BCUT2D eigenvalue weighted by molar-refractivity contribution is 9.11. The molecule has 0 fully saturated rings. The van der Waals surface area contributed by atoms with E-state index in [0.717, 1.165) is 14.5 Å². The second kappa shape index (κ2) is 4.80. The minimum atomic E-state index is -0.0194. The first kappa shape index (κ1) is 13.2. The van der Waals surface area contributed by atoms with E-state index in [0.29, 0.717) is 0 Å². The van der Waals surface area contributed by atoms with Crippen molar-refractivity contribution in [1.82, 2.24) is 10.3 Å². The number of nitrogens with zero attached hydrogens (tertiary/aromatic N) is 1. The molecule has 1 N–H and O–H groups in total. The number of nitrogens with one attached hydrogen (secondary N) is 1. The van der Waals surface area contributed by atoms with Gasteiger partial charge in [-0.25, -0.2) is 4.98 Å². The van der Waals surface area contributed by atoms with Crippen LogP contribution in [0, 0.1) is 6.92 Å². The highest BCUT2D eigenvalue weighted by atomic mass is 79.9. The van der Waals surface area contributed by atoms with Crippen LogP contribution in [0.5, 0.6) is 0 Å². The summed E-state index contributed by atoms with van der Waals surface area (Å²) in [7, 11) is 1.99. The predicted octanol–water partition coefficient (Wildman–Crippen LogP) is 4.40. The number of thiazole rings is 1. The van der Waals surface area contributed by atoms with Gasteiger partial charge in [-0.2, -0.15) is 0 Å². The van der Waals surface area contributed by atoms with Crippen LogP contribution in [-0.2, 0) is 5.54 Å². The average molecular weight is 331 g/mol. The van der Waals surface area contributed by atoms with Crippen LogP contribution in [0.3, 0.4) is 0 Å². The number of aryl methyl sites for hydroxylation is 1. The summed E-state index contributed by atoms with van der Waals surface area (Å²) in [6, 6.07) is 4.18. The van der Waals surface area contributed by atoms with Gasteiger partial charge in [0.05, 0.1) is 14.4 Å². The van der Waals surface area contributed by atoms with Crippen LogP contribution in [-0.4, -0.2) is 12.0 Å². The van der Waals surface area contributed by atoms with E-state index in [4.69, 9.17) is 0 Å². The van der Waals surface area contributed by atoms with Crippen molar-refractivity contribution < 1.29 is 0 Å². The molecular weight excluding hydrogens is 316 g/mol. The summed E-state index contributed by atoms with van der Waals surface area (Å²) >= 11 is 6.99. The zero-order valence-corrected chi connectivity index (χ0v) is 13.5. The predicted molar refractivity (Wildman–Crippen MR) is 79.9 cm³/mol. The Kier molecular flexibility index (Phi) is 3.73. The first-order chi connectivity index (χ1) is 7.94. The van der Waals surface area contributed by atoms with Crippen molar-refractivity contribution in [2.45, 2.75) is 26.3 Å². The third-order valence-electron chi connectivity index (χ3n) is 2.77. The van der Waals surface area contributed by atoms with Gasteiger partial charge in [0.2, 0.25) is 0 Å². The Bertz CT molecular complexity index is 528. The van der Waals surface area contributed by atoms with Crippen molar-refractivity contribution in [3.63, 3.8) is 0 Å². The zero-order chi connectivity index (χ0) is 12.6. The topological polar surface area (TPSA) is 24.9 Å². The highest BCUT2D eigenvalue weighted by Gasteiger charge is 2.24. The lowest BCUT2D eigenvalue weighted by molar-refractivity contribution is 0.450. The van der Waals surface area contributed by atoms with E-state index in [2.05, 4.69) is 59.1 Å². The minimum absolute atomic E-state index is 0.0194. The van der Waals surface area contributed by atoms with Crippen molar-refractivity contribution in [3.8, 4) is 9.88 Å². The van der Waals surface area contributed by atoms with Crippen LogP contribution in [0.2, 0.25) is 0 Å². The summed E-state index contributed by atoms with van der Waals surface area (Å²) in [5.41, 5.74) is 1.10. The zero-order valence-electron chi connectivity index (χ0n) is 10.3. The van der Waals surface area contributed by atoms with Gasteiger partial charge in [0.15, 0.2) is 0 Å². The maximum Gasteiger partial charge on any atom is 0.133 e. The number of rotatable bonds is 3. The second-order valence-corrected chi connectivity index (χ2v) is 7.87. The monoisotopic (exact) mass is 330 g/mol. The maximum absolute atomic E-state index is 4.68. The normalized spacial score (nSPS) is 12.1. The van der Waals surface area contributed by atoms with Crippen LogP contribution in [0.4, 0.5) is 0 Å². The van der Waals surface area contributed by atoms with Gasteiger partial charge in [-0.15, -0.1) is 22.7 Å². The van der Waals surface area contributed by atoms with Gasteiger partial charge in [0, 0.05) is 10.4 Å². The Morgan fingerprint density at radius 2 is 2.00 bits per heavy atom. The van der Waals surface area contributed by atoms with Gasteiger partial charge in [0.25, 0.3) is 0 Å². The second-order valence-electron chi connectivity index (χ2n) is 4.41. The molecule has 92 valence electrons. The van der Waals surface area contributed by atoms with Gasteiger partial charge in [-0.1, -0.05) is 0 Å². The van der Waals surface area contributed by atoms with E-state index < -0.39 is 0 Å². The van der Waals surface area contributed by atoms with Crippen molar-refractivity contribution >= 4 is 38.6 Å². The van der Waals surface area contributed by atoms with Crippen LogP contribution < -0.4 is 5.32 Å². The molecule has 0 bridgehead atoms. The van der Waals surface area contributed by atoms with Gasteiger partial charge in [-0.3, -0.25) is 0 Å². The molecule has 0 radical (unpaired) electrons. The molecule has 0 unspecified atom stereocenters. The molecule has 2 nitrogen and oxygen atoms in total. The Labute approximate surface area is 118 Å². The molecule has 2 aromatic rings. The van der Waals surface area contributed by atoms with Gasteiger partial charge < -0.3 is 5.32 Å². The van der Waals surface area contributed by atoms with Crippen molar-refractivity contribution in [1.29, 1.82) is 0 Å². The quantitative estimate of drug-likeness (QED) is 0.902. The molecule has 2 heterocycles. The molecule has 0 atom stereocenters. The summed E-state index contributed by atoms with van der Waals surface area (Å²) in [5.74, 6) is 0. The maximum atomic E-state index is 4.68. The smallest absolute Gasteiger partial charge is 0.133 e. The Hall–Kier alpha value is -0.230. The number of halogens is 1. The molecule has 0 aromatic carbocycles. The Morgan fingerprint density at radius 3 is 2.53 bits per heavy atom. The third-order valence-corrected chi connectivity index (χ3v) is 6.05. The van der Waals surface area contributed by atoms with Crippen LogP contribution in [0.1, 0.15) is 24.4 Å². The first-order valence-corrected chi connectivity index (χ1v) is 7.79. The molecule has 5 heteroatoms. The molecule has 0 spiro atoms. The number of aromatic nitrogens is 1. The standard InChI is InChI=1S/C12H15BrN2S2/c1-7-10(12(2,3)14-4)17-11(15-7)8-5-6-9(13)16-8/h5-6,14H,1-4H3. The molecule has 0 aliphatic heterocycles. The number of thiophene rings is 1. The fourth-order valence-electron chi connectivity index (χ4n) is 1.62. The molecular formula is C12H15BrN2S2. The molecule has 2 rings (SSSR count). The largest absolute Gasteiger partial charge is 0.310 e. The molecule has 0 amide bonds. The van der Waals surface area contributed by atoms with Crippen LogP contribution >= 0.6 is 38.6 Å². The summed E-state index contributed by atoms with van der Waals surface area (Å²) in [6.45, 7) is 6.44. The minimum Gasteiger partial charge on any atom is -0.310 e. The van der Waals surface area contributed by atoms with Gasteiger partial charge >= 0.3 is 0 Å². The summed E-state index contributed by atoms with van der Waals surface area (Å²) in [6.07, 6.45) is 0. The number of hydrogen-bond acceptors (Lipinski definition) is 4. The fraction of sp³-hybridized carbons (Fsp3) is 0.417. The lowest BCUT2D eigenvalue weighted by Crippen LogP contribution is -2.32. The molecule has 0 saturated carbocycles. The molecule has 0 saturated heterocycles. The fourth-order valence-corrected chi connectivity index (χ4v) is 4.24. The van der Waals surface area contributed by atoms with E-state index in [1.54, 1.807) is 22.7 Å². The third kappa shape index (κ3) is 2.62. The summed E-state index contributed by atoms with van der Waals surface area (Å²) in [4.78, 5) is 7.21. The Balaban J connectivity index is 2.44. The van der Waals surface area contributed by atoms with E-state index in [9.17, 15) is 0 Å². The van der Waals surface area contributed by atoms with E-state index >= 15 is 0 Å². The molecule has 17 heavy (non-hydrogen) atoms. The van der Waals surface area contributed by atoms with Gasteiger partial charge in [0.1, 0.15) is 5.01 Å². The van der Waals surface area contributed by atoms with E-state index in [1.165, 1.54) is 9.75 Å². The summed E-state index contributed by atoms with van der Waals surface area (Å²) in [5, 5.41) is 4.44. The molecule has 2 aromatic heterocycles. The van der Waals surface area contributed by atoms with Gasteiger partial charge in [-0.05, 0) is 55.9 Å². The lowest BCUT2D eigenvalue weighted by Gasteiger charge is -2.22. The van der Waals surface area contributed by atoms with E-state index in [1.807, 2.05) is 7.05 Å². The average Bonchev–Trinajstić information content (AvgIpc) is 2.85. The van der Waals surface area contributed by atoms with E-state index in [-0.39, 0.29) is 5.54 Å². The SMILES string of the molecule is CNC(C)(C)c1sc(-c2ccc(Br)s2)nc1C. The first-order valence-electron chi connectivity index (χ1n) is 5.36. The van der Waals surface area contributed by atoms with Crippen LogP contribution in [0.25, 0.3) is 9.88 Å². The highest BCUT2D eigenvalue weighted by Crippen LogP contribution is 2.38. The van der Waals surface area contributed by atoms with Crippen molar-refractivity contribution in [2.75, 3.05) is 7.05 Å². The molecule has 0 aliphatic rings. The lowest BCUT2D eigenvalue weighted by atomic mass is 10.0. The van der Waals surface area contributed by atoms with Crippen molar-refractivity contribution in [3.05, 3.63) is 26.5 Å². The van der Waals surface area contributed by atoms with Crippen molar-refractivity contribution in [2.24, 2.45) is 0 Å². The summed E-state index contributed by atoms with van der Waals surface area (Å²) < 4.78 is 1.15.